The lowest BCUT2D eigenvalue weighted by atomic mass is 9.99. The molecule has 3 heteroatoms. The van der Waals surface area contributed by atoms with Crippen LogP contribution >= 0.6 is 0 Å². The van der Waals surface area contributed by atoms with E-state index >= 15 is 0 Å². The number of aromatic nitrogens is 2. The molecule has 3 rings (SSSR count). The van der Waals surface area contributed by atoms with Gasteiger partial charge in [0, 0.05) is 18.0 Å². The first-order chi connectivity index (χ1) is 10.5. The lowest BCUT2D eigenvalue weighted by molar-refractivity contribution is 0.722. The summed E-state index contributed by atoms with van der Waals surface area (Å²) in [5.74, 6) is 0. The maximum atomic E-state index is 12.4. The van der Waals surface area contributed by atoms with Crippen molar-refractivity contribution in [1.82, 2.24) is 9.78 Å². The van der Waals surface area contributed by atoms with E-state index < -0.39 is 0 Å². The highest BCUT2D eigenvalue weighted by Crippen LogP contribution is 2.27. The Kier molecular flexibility index (Phi) is 3.57. The number of benzene rings is 2. The van der Waals surface area contributed by atoms with Gasteiger partial charge in [0.1, 0.15) is 0 Å². The second kappa shape index (κ2) is 5.41. The fraction of sp³-hybridized carbons (Fsp3) is 0.263. The van der Waals surface area contributed by atoms with Crippen molar-refractivity contribution in [3.05, 3.63) is 63.4 Å². The highest BCUT2D eigenvalue weighted by atomic mass is 16.1. The molecule has 1 heterocycles. The van der Waals surface area contributed by atoms with E-state index in [9.17, 15) is 4.79 Å². The van der Waals surface area contributed by atoms with Gasteiger partial charge < -0.3 is 0 Å². The van der Waals surface area contributed by atoms with Gasteiger partial charge in [-0.2, -0.15) is 5.10 Å². The first-order valence-corrected chi connectivity index (χ1v) is 7.59. The molecule has 0 N–H and O–H groups in total. The van der Waals surface area contributed by atoms with Gasteiger partial charge >= 0.3 is 0 Å². The van der Waals surface area contributed by atoms with Crippen LogP contribution in [-0.4, -0.2) is 9.78 Å². The van der Waals surface area contributed by atoms with E-state index in [2.05, 4.69) is 49.3 Å². The van der Waals surface area contributed by atoms with Gasteiger partial charge in [0.25, 0.3) is 5.56 Å². The molecule has 3 nitrogen and oxygen atoms in total. The molecule has 112 valence electrons. The summed E-state index contributed by atoms with van der Waals surface area (Å²) >= 11 is 0. The number of hydrogen-bond donors (Lipinski definition) is 0. The molecule has 0 saturated carbocycles. The molecule has 0 spiro atoms. The van der Waals surface area contributed by atoms with E-state index in [-0.39, 0.29) is 5.56 Å². The molecule has 2 aromatic carbocycles. The van der Waals surface area contributed by atoms with E-state index in [0.717, 1.165) is 34.0 Å². The Bertz CT molecular complexity index is 905. The van der Waals surface area contributed by atoms with Crippen LogP contribution in [0.15, 0.2) is 41.2 Å². The highest BCUT2D eigenvalue weighted by Gasteiger charge is 2.12. The maximum Gasteiger partial charge on any atom is 0.274 e. The summed E-state index contributed by atoms with van der Waals surface area (Å²) < 4.78 is 1.43. The van der Waals surface area contributed by atoms with E-state index in [1.54, 1.807) is 7.05 Å². The second-order valence-corrected chi connectivity index (χ2v) is 5.81. The summed E-state index contributed by atoms with van der Waals surface area (Å²) in [5.41, 5.74) is 5.46. The van der Waals surface area contributed by atoms with Crippen molar-refractivity contribution < 1.29 is 0 Å². The molecule has 0 fully saturated rings. The number of nitrogens with zero attached hydrogens (tertiary/aromatic N) is 2. The third-order valence-electron chi connectivity index (χ3n) is 4.30. The highest BCUT2D eigenvalue weighted by molar-refractivity contribution is 5.94. The summed E-state index contributed by atoms with van der Waals surface area (Å²) in [6.07, 6.45) is 1.01. The smallest absolute Gasteiger partial charge is 0.267 e. The molecule has 1 aromatic heterocycles. The van der Waals surface area contributed by atoms with Crippen molar-refractivity contribution >= 4 is 10.8 Å². The quantitative estimate of drug-likeness (QED) is 0.720. The van der Waals surface area contributed by atoms with Crippen LogP contribution in [0.3, 0.4) is 0 Å². The summed E-state index contributed by atoms with van der Waals surface area (Å²) in [6.45, 7) is 6.24. The van der Waals surface area contributed by atoms with Gasteiger partial charge in [0.15, 0.2) is 0 Å². The monoisotopic (exact) mass is 292 g/mol. The number of aryl methyl sites for hydroxylation is 4. The van der Waals surface area contributed by atoms with Gasteiger partial charge in [0.05, 0.1) is 11.1 Å². The Hall–Kier alpha value is -2.42. The SMILES string of the molecule is CCc1ccc(-c2nn(C)c(=O)c3cc(C)c(C)cc23)cc1. The van der Waals surface area contributed by atoms with E-state index in [1.807, 2.05) is 13.0 Å². The first-order valence-electron chi connectivity index (χ1n) is 7.59. The Balaban J connectivity index is 2.35. The number of hydrogen-bond acceptors (Lipinski definition) is 2. The predicted molar refractivity (Wildman–Crippen MR) is 91.3 cm³/mol. The minimum absolute atomic E-state index is 0.0490. The van der Waals surface area contributed by atoms with E-state index in [4.69, 9.17) is 0 Å². The molecule has 3 aromatic rings. The molecular formula is C19H20N2O. The number of fused-ring (bicyclic) bond motifs is 1. The Morgan fingerprint density at radius 1 is 1.00 bits per heavy atom. The van der Waals surface area contributed by atoms with Gasteiger partial charge in [0.2, 0.25) is 0 Å². The minimum atomic E-state index is -0.0490. The van der Waals surface area contributed by atoms with Crippen LogP contribution in [0.5, 0.6) is 0 Å². The van der Waals surface area contributed by atoms with Crippen molar-refractivity contribution in [2.45, 2.75) is 27.2 Å². The fourth-order valence-electron chi connectivity index (χ4n) is 2.72. The van der Waals surface area contributed by atoms with Gasteiger partial charge in [-0.1, -0.05) is 31.2 Å². The summed E-state index contributed by atoms with van der Waals surface area (Å²) in [7, 11) is 1.71. The zero-order valence-corrected chi connectivity index (χ0v) is 13.5. The number of rotatable bonds is 2. The van der Waals surface area contributed by atoms with Crippen molar-refractivity contribution in [2.75, 3.05) is 0 Å². The topological polar surface area (TPSA) is 34.9 Å². The Labute approximate surface area is 130 Å². The lowest BCUT2D eigenvalue weighted by Gasteiger charge is -2.11. The van der Waals surface area contributed by atoms with Crippen molar-refractivity contribution in [3.63, 3.8) is 0 Å². The molecule has 0 aliphatic rings. The van der Waals surface area contributed by atoms with Gasteiger partial charge in [-0.25, -0.2) is 4.68 Å². The van der Waals surface area contributed by atoms with Crippen LogP contribution < -0.4 is 5.56 Å². The molecule has 0 radical (unpaired) electrons. The predicted octanol–water partition coefficient (Wildman–Crippen LogP) is 3.78. The first kappa shape index (κ1) is 14.5. The Morgan fingerprint density at radius 3 is 2.18 bits per heavy atom. The molecule has 0 bridgehead atoms. The van der Waals surface area contributed by atoms with Crippen LogP contribution in [0.25, 0.3) is 22.0 Å². The summed E-state index contributed by atoms with van der Waals surface area (Å²) in [6, 6.07) is 12.4. The summed E-state index contributed by atoms with van der Waals surface area (Å²) in [5, 5.41) is 6.16. The van der Waals surface area contributed by atoms with Crippen LogP contribution in [0.2, 0.25) is 0 Å². The molecule has 0 unspecified atom stereocenters. The van der Waals surface area contributed by atoms with Gasteiger partial charge in [-0.05, 0) is 49.1 Å². The average molecular weight is 292 g/mol. The molecule has 0 aliphatic carbocycles. The molecule has 0 amide bonds. The zero-order valence-electron chi connectivity index (χ0n) is 13.5. The normalized spacial score (nSPS) is 11.1. The van der Waals surface area contributed by atoms with Crippen molar-refractivity contribution in [3.8, 4) is 11.3 Å². The fourth-order valence-corrected chi connectivity index (χ4v) is 2.72. The standard InChI is InChI=1S/C19H20N2O/c1-5-14-6-8-15(9-7-14)18-16-10-12(2)13(3)11-17(16)19(22)21(4)20-18/h6-11H,5H2,1-4H3. The third-order valence-corrected chi connectivity index (χ3v) is 4.30. The molecule has 0 saturated heterocycles. The zero-order chi connectivity index (χ0) is 15.9. The largest absolute Gasteiger partial charge is 0.274 e. The van der Waals surface area contributed by atoms with Crippen LogP contribution in [0.4, 0.5) is 0 Å². The van der Waals surface area contributed by atoms with Gasteiger partial charge in [-0.3, -0.25) is 4.79 Å². The summed E-state index contributed by atoms with van der Waals surface area (Å²) in [4.78, 5) is 12.4. The maximum absolute atomic E-state index is 12.4. The van der Waals surface area contributed by atoms with E-state index in [0.29, 0.717) is 0 Å². The lowest BCUT2D eigenvalue weighted by Crippen LogP contribution is -2.20. The Morgan fingerprint density at radius 2 is 1.59 bits per heavy atom. The molecular weight excluding hydrogens is 272 g/mol. The minimum Gasteiger partial charge on any atom is -0.267 e. The van der Waals surface area contributed by atoms with E-state index in [1.165, 1.54) is 15.8 Å². The van der Waals surface area contributed by atoms with Gasteiger partial charge in [-0.15, -0.1) is 0 Å². The molecule has 22 heavy (non-hydrogen) atoms. The van der Waals surface area contributed by atoms with Crippen molar-refractivity contribution in [2.24, 2.45) is 7.05 Å². The van der Waals surface area contributed by atoms with Crippen LogP contribution in [0, 0.1) is 13.8 Å². The van der Waals surface area contributed by atoms with Crippen LogP contribution in [-0.2, 0) is 13.5 Å². The molecule has 0 atom stereocenters. The molecule has 0 aliphatic heterocycles. The average Bonchev–Trinajstić information content (AvgIpc) is 2.53. The second-order valence-electron chi connectivity index (χ2n) is 5.81. The van der Waals surface area contributed by atoms with Crippen molar-refractivity contribution in [1.29, 1.82) is 0 Å². The third kappa shape index (κ3) is 2.33. The van der Waals surface area contributed by atoms with Crippen LogP contribution in [0.1, 0.15) is 23.6 Å².